The van der Waals surface area contributed by atoms with Gasteiger partial charge in [0.15, 0.2) is 0 Å². The molecule has 2 aliphatic rings. The number of ether oxygens (including phenoxy) is 1. The van der Waals surface area contributed by atoms with Crippen LogP contribution in [0.15, 0.2) is 30.6 Å². The van der Waals surface area contributed by atoms with Gasteiger partial charge in [0.2, 0.25) is 0 Å². The Morgan fingerprint density at radius 2 is 1.38 bits per heavy atom. The fourth-order valence-electron chi connectivity index (χ4n) is 3.25. The third kappa shape index (κ3) is 3.67. The zero-order chi connectivity index (χ0) is 17.1. The average molecular weight is 330 g/mol. The summed E-state index contributed by atoms with van der Waals surface area (Å²) in [7, 11) is 0. The highest BCUT2D eigenvalue weighted by molar-refractivity contribution is 5.28. The third-order valence-corrected chi connectivity index (χ3v) is 4.54. The standard InChI is InChI=1S/C10H12O2.C9H10O3/c1-7-6-10(11)12-9-5-3-2-4-8(7)9;1-6-4-9(10)12-8-2-3-11-5-7(6)8/h6H,2-5H2,1H3;4H,2-3,5H2,1H3. The predicted octanol–water partition coefficient (Wildman–Crippen LogP) is 2.85. The maximum absolute atomic E-state index is 11.0. The highest BCUT2D eigenvalue weighted by atomic mass is 16.5. The fourth-order valence-corrected chi connectivity index (χ4v) is 3.25. The second-order valence-electron chi connectivity index (χ2n) is 6.31. The molecule has 0 amide bonds. The summed E-state index contributed by atoms with van der Waals surface area (Å²) in [5.41, 5.74) is 3.92. The molecule has 0 saturated heterocycles. The van der Waals surface area contributed by atoms with E-state index >= 15 is 0 Å². The van der Waals surface area contributed by atoms with E-state index in [4.69, 9.17) is 13.6 Å². The van der Waals surface area contributed by atoms with Crippen molar-refractivity contribution in [1.29, 1.82) is 0 Å². The Bertz CT molecular complexity index is 772. The number of hydrogen-bond acceptors (Lipinski definition) is 5. The normalized spacial score (nSPS) is 15.8. The minimum Gasteiger partial charge on any atom is -0.428 e. The molecule has 5 nitrogen and oxygen atoms in total. The van der Waals surface area contributed by atoms with E-state index in [-0.39, 0.29) is 11.3 Å². The number of fused-ring (bicyclic) bond motifs is 2. The zero-order valence-electron chi connectivity index (χ0n) is 14.1. The molecule has 0 fully saturated rings. The fraction of sp³-hybridized carbons (Fsp3) is 0.474. The molecular weight excluding hydrogens is 308 g/mol. The van der Waals surface area contributed by atoms with Crippen LogP contribution in [0.1, 0.15) is 46.6 Å². The van der Waals surface area contributed by atoms with E-state index in [1.807, 2.05) is 13.8 Å². The lowest BCUT2D eigenvalue weighted by Crippen LogP contribution is -2.15. The number of hydrogen-bond donors (Lipinski definition) is 0. The summed E-state index contributed by atoms with van der Waals surface area (Å²) in [5.74, 6) is 1.72. The molecule has 0 unspecified atom stereocenters. The molecule has 5 heteroatoms. The molecule has 0 atom stereocenters. The molecule has 1 aliphatic heterocycles. The van der Waals surface area contributed by atoms with Crippen molar-refractivity contribution in [2.75, 3.05) is 6.61 Å². The lowest BCUT2D eigenvalue weighted by molar-refractivity contribution is 0.0995. The quantitative estimate of drug-likeness (QED) is 0.743. The van der Waals surface area contributed by atoms with Crippen LogP contribution in [0.25, 0.3) is 0 Å². The van der Waals surface area contributed by atoms with Crippen molar-refractivity contribution in [2.45, 2.75) is 52.6 Å². The number of aryl methyl sites for hydroxylation is 3. The van der Waals surface area contributed by atoms with Crippen LogP contribution in [0.3, 0.4) is 0 Å². The minimum absolute atomic E-state index is 0.201. The molecule has 128 valence electrons. The first-order valence-corrected chi connectivity index (χ1v) is 8.37. The van der Waals surface area contributed by atoms with Gasteiger partial charge < -0.3 is 13.6 Å². The highest BCUT2D eigenvalue weighted by Crippen LogP contribution is 2.22. The van der Waals surface area contributed by atoms with Gasteiger partial charge in [-0.05, 0) is 49.8 Å². The van der Waals surface area contributed by atoms with Crippen molar-refractivity contribution in [1.82, 2.24) is 0 Å². The van der Waals surface area contributed by atoms with Crippen molar-refractivity contribution >= 4 is 0 Å². The molecule has 2 aromatic heterocycles. The van der Waals surface area contributed by atoms with Gasteiger partial charge >= 0.3 is 11.3 Å². The molecule has 24 heavy (non-hydrogen) atoms. The van der Waals surface area contributed by atoms with Crippen molar-refractivity contribution in [3.63, 3.8) is 0 Å². The van der Waals surface area contributed by atoms with Crippen LogP contribution >= 0.6 is 0 Å². The predicted molar refractivity (Wildman–Crippen MR) is 89.4 cm³/mol. The molecule has 1 aliphatic carbocycles. The van der Waals surface area contributed by atoms with E-state index in [1.54, 1.807) is 6.07 Å². The van der Waals surface area contributed by atoms with Gasteiger partial charge in [-0.25, -0.2) is 9.59 Å². The Morgan fingerprint density at radius 1 is 0.792 bits per heavy atom. The molecule has 3 heterocycles. The summed E-state index contributed by atoms with van der Waals surface area (Å²) < 4.78 is 15.4. The number of rotatable bonds is 0. The Hall–Kier alpha value is -2.14. The molecule has 0 N–H and O–H groups in total. The second kappa shape index (κ2) is 7.18. The molecule has 2 aromatic rings. The zero-order valence-corrected chi connectivity index (χ0v) is 14.1. The first kappa shape index (κ1) is 16.7. The molecule has 0 saturated carbocycles. The summed E-state index contributed by atoms with van der Waals surface area (Å²) in [6.45, 7) is 5.12. The Kier molecular flexibility index (Phi) is 5.00. The van der Waals surface area contributed by atoms with Crippen LogP contribution in [-0.2, 0) is 30.6 Å². The molecule has 0 bridgehead atoms. The monoisotopic (exact) mass is 330 g/mol. The summed E-state index contributed by atoms with van der Waals surface area (Å²) >= 11 is 0. The van der Waals surface area contributed by atoms with Crippen LogP contribution in [0.5, 0.6) is 0 Å². The van der Waals surface area contributed by atoms with Crippen molar-refractivity contribution < 1.29 is 13.6 Å². The van der Waals surface area contributed by atoms with E-state index in [0.717, 1.165) is 47.5 Å². The van der Waals surface area contributed by atoms with Crippen molar-refractivity contribution in [3.05, 3.63) is 66.7 Å². The van der Waals surface area contributed by atoms with Gasteiger partial charge in [-0.15, -0.1) is 0 Å². The molecule has 0 radical (unpaired) electrons. The highest BCUT2D eigenvalue weighted by Gasteiger charge is 2.15. The first-order valence-electron chi connectivity index (χ1n) is 8.37. The summed E-state index contributed by atoms with van der Waals surface area (Å²) in [6, 6.07) is 3.09. The molecular formula is C19H22O5. The third-order valence-electron chi connectivity index (χ3n) is 4.54. The summed E-state index contributed by atoms with van der Waals surface area (Å²) in [6.07, 6.45) is 5.10. The lowest BCUT2D eigenvalue weighted by Gasteiger charge is -2.15. The van der Waals surface area contributed by atoms with Gasteiger partial charge in [0.05, 0.1) is 13.2 Å². The molecule has 4 rings (SSSR count). The van der Waals surface area contributed by atoms with Crippen molar-refractivity contribution in [3.8, 4) is 0 Å². The van der Waals surface area contributed by atoms with Gasteiger partial charge in [-0.3, -0.25) is 0 Å². The molecule has 0 spiro atoms. The Balaban J connectivity index is 0.000000141. The van der Waals surface area contributed by atoms with Crippen LogP contribution in [0, 0.1) is 13.8 Å². The second-order valence-corrected chi connectivity index (χ2v) is 6.31. The van der Waals surface area contributed by atoms with Gasteiger partial charge in [0, 0.05) is 30.5 Å². The van der Waals surface area contributed by atoms with Crippen LogP contribution in [0.4, 0.5) is 0 Å². The Morgan fingerprint density at radius 3 is 2.08 bits per heavy atom. The van der Waals surface area contributed by atoms with Crippen LogP contribution in [0.2, 0.25) is 0 Å². The largest absolute Gasteiger partial charge is 0.428 e. The van der Waals surface area contributed by atoms with Gasteiger partial charge in [-0.2, -0.15) is 0 Å². The maximum Gasteiger partial charge on any atom is 0.336 e. The SMILES string of the molecule is Cc1cc(=O)oc2c1CCCC2.Cc1cc(=O)oc2c1COCC2. The summed E-state index contributed by atoms with van der Waals surface area (Å²) in [4.78, 5) is 22.0. The van der Waals surface area contributed by atoms with Gasteiger partial charge in [0.25, 0.3) is 0 Å². The van der Waals surface area contributed by atoms with E-state index in [2.05, 4.69) is 0 Å². The Labute approximate surface area is 140 Å². The van der Waals surface area contributed by atoms with Crippen LogP contribution in [-0.4, -0.2) is 6.61 Å². The van der Waals surface area contributed by atoms with Crippen molar-refractivity contribution in [2.24, 2.45) is 0 Å². The van der Waals surface area contributed by atoms with Gasteiger partial charge in [0.1, 0.15) is 11.5 Å². The molecule has 0 aromatic carbocycles. The van der Waals surface area contributed by atoms with Crippen LogP contribution < -0.4 is 11.3 Å². The van der Waals surface area contributed by atoms with E-state index in [1.165, 1.54) is 18.1 Å². The van der Waals surface area contributed by atoms with Gasteiger partial charge in [-0.1, -0.05) is 0 Å². The summed E-state index contributed by atoms with van der Waals surface area (Å²) in [5, 5.41) is 0. The average Bonchev–Trinajstić information content (AvgIpc) is 2.55. The van der Waals surface area contributed by atoms with E-state index in [9.17, 15) is 9.59 Å². The van der Waals surface area contributed by atoms with E-state index < -0.39 is 0 Å². The minimum atomic E-state index is -0.256. The topological polar surface area (TPSA) is 69.7 Å². The van der Waals surface area contributed by atoms with E-state index in [0.29, 0.717) is 19.6 Å². The lowest BCUT2D eigenvalue weighted by atomic mass is 9.94. The first-order chi connectivity index (χ1) is 11.5. The maximum atomic E-state index is 11.0. The smallest absolute Gasteiger partial charge is 0.336 e.